The van der Waals surface area contributed by atoms with E-state index in [2.05, 4.69) is 10.2 Å². The number of fused-ring (bicyclic) bond motifs is 1. The van der Waals surface area contributed by atoms with Crippen molar-refractivity contribution in [1.82, 2.24) is 24.5 Å². The van der Waals surface area contributed by atoms with Crippen molar-refractivity contribution in [3.8, 4) is 16.9 Å². The third-order valence-corrected chi connectivity index (χ3v) is 4.16. The summed E-state index contributed by atoms with van der Waals surface area (Å²) in [5, 5.41) is 9.31. The number of aryl methyl sites for hydroxylation is 2. The van der Waals surface area contributed by atoms with Gasteiger partial charge in [-0.3, -0.25) is 4.68 Å². The molecule has 0 saturated carbocycles. The van der Waals surface area contributed by atoms with E-state index in [4.69, 9.17) is 9.72 Å². The molecule has 0 radical (unpaired) electrons. The SMILES string of the molecule is COC(=O)c1nn(-c2cccc(C)c2)c2nc(-c3cnn(C)c3)ccc12. The predicted molar refractivity (Wildman–Crippen MR) is 97.1 cm³/mol. The number of rotatable bonds is 3. The second-order valence-electron chi connectivity index (χ2n) is 6.06. The van der Waals surface area contributed by atoms with Crippen molar-refractivity contribution in [3.05, 3.63) is 60.0 Å². The number of carbonyl (C=O) groups excluding carboxylic acids is 1. The Hall–Kier alpha value is -3.48. The van der Waals surface area contributed by atoms with Crippen LogP contribution in [0.1, 0.15) is 16.1 Å². The van der Waals surface area contributed by atoms with Crippen molar-refractivity contribution in [2.75, 3.05) is 7.11 Å². The number of benzene rings is 1. The average Bonchev–Trinajstić information content (AvgIpc) is 3.24. The molecule has 26 heavy (non-hydrogen) atoms. The number of pyridine rings is 1. The van der Waals surface area contributed by atoms with Gasteiger partial charge in [0.05, 0.1) is 30.1 Å². The van der Waals surface area contributed by atoms with E-state index in [0.717, 1.165) is 22.5 Å². The molecular weight excluding hydrogens is 330 g/mol. The molecule has 0 spiro atoms. The molecule has 7 nitrogen and oxygen atoms in total. The maximum Gasteiger partial charge on any atom is 0.359 e. The van der Waals surface area contributed by atoms with E-state index in [1.54, 1.807) is 15.6 Å². The van der Waals surface area contributed by atoms with Crippen LogP contribution >= 0.6 is 0 Å². The van der Waals surface area contributed by atoms with Crippen molar-refractivity contribution in [2.24, 2.45) is 7.05 Å². The highest BCUT2D eigenvalue weighted by molar-refractivity contribution is 6.01. The van der Waals surface area contributed by atoms with Crippen LogP contribution in [0.25, 0.3) is 28.0 Å². The van der Waals surface area contributed by atoms with Crippen LogP contribution < -0.4 is 0 Å². The minimum Gasteiger partial charge on any atom is -0.464 e. The molecule has 0 aliphatic heterocycles. The van der Waals surface area contributed by atoms with Gasteiger partial charge in [0, 0.05) is 18.8 Å². The van der Waals surface area contributed by atoms with Crippen LogP contribution in [0, 0.1) is 6.92 Å². The number of hydrogen-bond donors (Lipinski definition) is 0. The van der Waals surface area contributed by atoms with Crippen LogP contribution in [0.15, 0.2) is 48.8 Å². The average molecular weight is 347 g/mol. The summed E-state index contributed by atoms with van der Waals surface area (Å²) < 4.78 is 8.28. The number of nitrogens with zero attached hydrogens (tertiary/aromatic N) is 5. The first-order valence-corrected chi connectivity index (χ1v) is 8.11. The van der Waals surface area contributed by atoms with Gasteiger partial charge in [0.1, 0.15) is 0 Å². The number of esters is 1. The summed E-state index contributed by atoms with van der Waals surface area (Å²) in [4.78, 5) is 16.9. The van der Waals surface area contributed by atoms with Gasteiger partial charge < -0.3 is 4.74 Å². The van der Waals surface area contributed by atoms with Crippen LogP contribution in [0.3, 0.4) is 0 Å². The van der Waals surface area contributed by atoms with Gasteiger partial charge in [-0.1, -0.05) is 12.1 Å². The zero-order valence-electron chi connectivity index (χ0n) is 14.7. The Labute approximate surface area is 149 Å². The number of methoxy groups -OCH3 is 1. The lowest BCUT2D eigenvalue weighted by Crippen LogP contribution is -2.04. The highest BCUT2D eigenvalue weighted by atomic mass is 16.5. The van der Waals surface area contributed by atoms with Crippen molar-refractivity contribution in [2.45, 2.75) is 6.92 Å². The minimum atomic E-state index is -0.489. The molecular formula is C19H17N5O2. The molecule has 0 aliphatic rings. The van der Waals surface area contributed by atoms with Gasteiger partial charge in [0.15, 0.2) is 11.3 Å². The first-order chi connectivity index (χ1) is 12.6. The van der Waals surface area contributed by atoms with Crippen LogP contribution in [-0.4, -0.2) is 37.6 Å². The molecule has 0 aliphatic carbocycles. The molecule has 0 N–H and O–H groups in total. The molecule has 0 saturated heterocycles. The Morgan fingerprint density at radius 3 is 2.73 bits per heavy atom. The molecule has 0 amide bonds. The Morgan fingerprint density at radius 2 is 2.04 bits per heavy atom. The third-order valence-electron chi connectivity index (χ3n) is 4.16. The lowest BCUT2D eigenvalue weighted by Gasteiger charge is -2.04. The van der Waals surface area contributed by atoms with Crippen molar-refractivity contribution >= 4 is 17.0 Å². The van der Waals surface area contributed by atoms with Gasteiger partial charge in [-0.15, -0.1) is 0 Å². The fourth-order valence-electron chi connectivity index (χ4n) is 2.90. The number of carbonyl (C=O) groups is 1. The third kappa shape index (κ3) is 2.63. The fourth-order valence-corrected chi connectivity index (χ4v) is 2.90. The summed E-state index contributed by atoms with van der Waals surface area (Å²) in [5.41, 5.74) is 4.42. The van der Waals surface area contributed by atoms with Crippen LogP contribution in [0.5, 0.6) is 0 Å². The predicted octanol–water partition coefficient (Wildman–Crippen LogP) is 2.92. The fraction of sp³-hybridized carbons (Fsp3) is 0.158. The smallest absolute Gasteiger partial charge is 0.359 e. The summed E-state index contributed by atoms with van der Waals surface area (Å²) >= 11 is 0. The highest BCUT2D eigenvalue weighted by Gasteiger charge is 2.20. The first-order valence-electron chi connectivity index (χ1n) is 8.11. The molecule has 4 aromatic rings. The molecule has 130 valence electrons. The molecule has 0 unspecified atom stereocenters. The lowest BCUT2D eigenvalue weighted by molar-refractivity contribution is 0.0595. The van der Waals surface area contributed by atoms with E-state index in [-0.39, 0.29) is 5.69 Å². The van der Waals surface area contributed by atoms with E-state index >= 15 is 0 Å². The number of hydrogen-bond acceptors (Lipinski definition) is 5. The van der Waals surface area contributed by atoms with E-state index < -0.39 is 5.97 Å². The summed E-state index contributed by atoms with van der Waals surface area (Å²) in [7, 11) is 3.20. The van der Waals surface area contributed by atoms with Crippen LogP contribution in [0.4, 0.5) is 0 Å². The standard InChI is InChI=1S/C19H17N5O2/c1-12-5-4-6-14(9-12)24-18-15(17(22-24)19(25)26-3)7-8-16(21-18)13-10-20-23(2)11-13/h4-11H,1-3H3. The summed E-state index contributed by atoms with van der Waals surface area (Å²) in [5.74, 6) is -0.489. The second-order valence-corrected chi connectivity index (χ2v) is 6.06. The zero-order chi connectivity index (χ0) is 18.3. The molecule has 0 bridgehead atoms. The van der Waals surface area contributed by atoms with Crippen molar-refractivity contribution in [3.63, 3.8) is 0 Å². The summed E-state index contributed by atoms with van der Waals surface area (Å²) in [6, 6.07) is 11.6. The highest BCUT2D eigenvalue weighted by Crippen LogP contribution is 2.25. The molecule has 0 atom stereocenters. The van der Waals surface area contributed by atoms with Gasteiger partial charge in [-0.25, -0.2) is 14.5 Å². The zero-order valence-corrected chi connectivity index (χ0v) is 14.7. The minimum absolute atomic E-state index is 0.245. The van der Waals surface area contributed by atoms with Crippen LogP contribution in [0.2, 0.25) is 0 Å². The molecule has 3 heterocycles. The van der Waals surface area contributed by atoms with Crippen molar-refractivity contribution < 1.29 is 9.53 Å². The Kier molecular flexibility index (Phi) is 3.76. The molecule has 1 aromatic carbocycles. The van der Waals surface area contributed by atoms with Gasteiger partial charge in [-0.05, 0) is 36.8 Å². The molecule has 7 heteroatoms. The molecule has 0 fully saturated rings. The van der Waals surface area contributed by atoms with Gasteiger partial charge in [0.25, 0.3) is 0 Å². The summed E-state index contributed by atoms with van der Waals surface area (Å²) in [6.07, 6.45) is 3.64. The van der Waals surface area contributed by atoms with Crippen LogP contribution in [-0.2, 0) is 11.8 Å². The Bertz CT molecular complexity index is 1130. The topological polar surface area (TPSA) is 74.8 Å². The Balaban J connectivity index is 1.98. The van der Waals surface area contributed by atoms with Gasteiger partial charge >= 0.3 is 5.97 Å². The van der Waals surface area contributed by atoms with E-state index in [1.807, 2.05) is 56.6 Å². The van der Waals surface area contributed by atoms with Gasteiger partial charge in [0.2, 0.25) is 0 Å². The first kappa shape index (κ1) is 16.0. The van der Waals surface area contributed by atoms with E-state index in [0.29, 0.717) is 11.0 Å². The lowest BCUT2D eigenvalue weighted by atomic mass is 10.2. The summed E-state index contributed by atoms with van der Waals surface area (Å²) in [6.45, 7) is 2.00. The van der Waals surface area contributed by atoms with E-state index in [9.17, 15) is 4.79 Å². The Morgan fingerprint density at radius 1 is 1.19 bits per heavy atom. The maximum absolute atomic E-state index is 12.2. The second kappa shape index (κ2) is 6.11. The normalized spacial score (nSPS) is 11.0. The van der Waals surface area contributed by atoms with Gasteiger partial charge in [-0.2, -0.15) is 10.2 Å². The van der Waals surface area contributed by atoms with E-state index in [1.165, 1.54) is 7.11 Å². The molecule has 4 rings (SSSR count). The monoisotopic (exact) mass is 347 g/mol. The molecule has 3 aromatic heterocycles. The van der Waals surface area contributed by atoms with Crippen molar-refractivity contribution in [1.29, 1.82) is 0 Å². The largest absolute Gasteiger partial charge is 0.464 e. The maximum atomic E-state index is 12.2. The number of aromatic nitrogens is 5. The quantitative estimate of drug-likeness (QED) is 0.533. The number of ether oxygens (including phenoxy) is 1.